The van der Waals surface area contributed by atoms with Crippen molar-refractivity contribution in [3.63, 3.8) is 0 Å². The Balaban J connectivity index is 1.42. The minimum atomic E-state index is 0.129. The SMILES string of the molecule is CN1C(=O)C[C@@H](CN[C@H]2CCc3ccccc3C2)[C@@H]1c1cnn(C)c1. The molecule has 132 valence electrons. The molecule has 5 heteroatoms. The summed E-state index contributed by atoms with van der Waals surface area (Å²) in [5.41, 5.74) is 4.09. The van der Waals surface area contributed by atoms with Crippen LogP contribution in [0.3, 0.4) is 0 Å². The average molecular weight is 338 g/mol. The molecule has 0 radical (unpaired) electrons. The van der Waals surface area contributed by atoms with E-state index in [1.165, 1.54) is 17.5 Å². The Hall–Kier alpha value is -2.14. The van der Waals surface area contributed by atoms with Crippen LogP contribution in [0.4, 0.5) is 0 Å². The Bertz CT molecular complexity index is 769. The number of nitrogens with zero attached hydrogens (tertiary/aromatic N) is 3. The first kappa shape index (κ1) is 16.3. The van der Waals surface area contributed by atoms with Gasteiger partial charge in [-0.25, -0.2) is 0 Å². The number of hydrogen-bond donors (Lipinski definition) is 1. The van der Waals surface area contributed by atoms with E-state index in [2.05, 4.69) is 34.7 Å². The maximum absolute atomic E-state index is 12.3. The maximum Gasteiger partial charge on any atom is 0.223 e. The number of nitrogens with one attached hydrogen (secondary N) is 1. The van der Waals surface area contributed by atoms with Gasteiger partial charge in [0.25, 0.3) is 0 Å². The number of fused-ring (bicyclic) bond motifs is 1. The molecule has 1 aliphatic heterocycles. The third-order valence-electron chi connectivity index (χ3n) is 5.78. The molecular weight excluding hydrogens is 312 g/mol. The van der Waals surface area contributed by atoms with Crippen molar-refractivity contribution in [3.8, 4) is 0 Å². The van der Waals surface area contributed by atoms with Crippen LogP contribution in [0, 0.1) is 5.92 Å². The molecular formula is C20H26N4O. The molecule has 1 saturated heterocycles. The molecule has 2 aliphatic rings. The second-order valence-corrected chi connectivity index (χ2v) is 7.48. The summed E-state index contributed by atoms with van der Waals surface area (Å²) in [6.45, 7) is 0.877. The lowest BCUT2D eigenvalue weighted by Gasteiger charge is -2.29. The summed E-state index contributed by atoms with van der Waals surface area (Å²) in [5, 5.41) is 8.03. The van der Waals surface area contributed by atoms with Gasteiger partial charge in [-0.2, -0.15) is 5.10 Å². The van der Waals surface area contributed by atoms with Gasteiger partial charge >= 0.3 is 0 Å². The lowest BCUT2D eigenvalue weighted by atomic mass is 9.87. The fraction of sp³-hybridized carbons (Fsp3) is 0.500. The molecule has 4 rings (SSSR count). The number of aromatic nitrogens is 2. The van der Waals surface area contributed by atoms with Crippen LogP contribution in [0.15, 0.2) is 36.7 Å². The minimum absolute atomic E-state index is 0.129. The number of likely N-dealkylation sites (tertiary alicyclic amines) is 1. The van der Waals surface area contributed by atoms with E-state index < -0.39 is 0 Å². The Kier molecular flexibility index (Phi) is 4.34. The predicted molar refractivity (Wildman–Crippen MR) is 97.1 cm³/mol. The molecule has 1 fully saturated rings. The maximum atomic E-state index is 12.3. The lowest BCUT2D eigenvalue weighted by molar-refractivity contribution is -0.127. The van der Waals surface area contributed by atoms with Crippen LogP contribution in [0.5, 0.6) is 0 Å². The van der Waals surface area contributed by atoms with Gasteiger partial charge in [0.15, 0.2) is 0 Å². The van der Waals surface area contributed by atoms with Crippen molar-refractivity contribution < 1.29 is 4.79 Å². The molecule has 0 saturated carbocycles. The predicted octanol–water partition coefficient (Wildman–Crippen LogP) is 2.09. The van der Waals surface area contributed by atoms with E-state index in [0.29, 0.717) is 18.4 Å². The largest absolute Gasteiger partial charge is 0.338 e. The molecule has 1 aromatic carbocycles. The van der Waals surface area contributed by atoms with E-state index >= 15 is 0 Å². The van der Waals surface area contributed by atoms with Crippen LogP contribution in [0.25, 0.3) is 0 Å². The van der Waals surface area contributed by atoms with E-state index in [-0.39, 0.29) is 11.9 Å². The quantitative estimate of drug-likeness (QED) is 0.929. The van der Waals surface area contributed by atoms with E-state index in [4.69, 9.17) is 0 Å². The molecule has 1 aromatic heterocycles. The van der Waals surface area contributed by atoms with Crippen molar-refractivity contribution in [1.82, 2.24) is 20.0 Å². The zero-order valence-electron chi connectivity index (χ0n) is 15.0. The van der Waals surface area contributed by atoms with Crippen LogP contribution >= 0.6 is 0 Å². The Labute approximate surface area is 149 Å². The second kappa shape index (κ2) is 6.64. The molecule has 1 aliphatic carbocycles. The van der Waals surface area contributed by atoms with E-state index in [1.54, 1.807) is 0 Å². The van der Waals surface area contributed by atoms with Crippen molar-refractivity contribution in [2.75, 3.05) is 13.6 Å². The number of amides is 1. The van der Waals surface area contributed by atoms with Gasteiger partial charge in [0.1, 0.15) is 0 Å². The first-order valence-corrected chi connectivity index (χ1v) is 9.16. The summed E-state index contributed by atoms with van der Waals surface area (Å²) in [6.07, 6.45) is 7.94. The first-order chi connectivity index (χ1) is 12.1. The number of aryl methyl sites for hydroxylation is 2. The summed E-state index contributed by atoms with van der Waals surface area (Å²) >= 11 is 0. The third kappa shape index (κ3) is 3.21. The van der Waals surface area contributed by atoms with Crippen LogP contribution in [0.1, 0.15) is 35.6 Å². The minimum Gasteiger partial charge on any atom is -0.338 e. The van der Waals surface area contributed by atoms with Crippen LogP contribution < -0.4 is 5.32 Å². The standard InChI is InChI=1S/C20H26N4O/c1-23-13-17(12-22-23)20-16(10-19(25)24(20)2)11-21-18-8-7-14-5-3-4-6-15(14)9-18/h3-6,12-13,16,18,20-21H,7-11H2,1-2H3/t16-,18-,20+/m0/s1. The third-order valence-corrected chi connectivity index (χ3v) is 5.78. The number of carbonyl (C=O) groups is 1. The molecule has 3 atom stereocenters. The van der Waals surface area contributed by atoms with Gasteiger partial charge < -0.3 is 10.2 Å². The van der Waals surface area contributed by atoms with Crippen molar-refractivity contribution >= 4 is 5.91 Å². The van der Waals surface area contributed by atoms with E-state index in [0.717, 1.165) is 24.9 Å². The molecule has 0 unspecified atom stereocenters. The van der Waals surface area contributed by atoms with E-state index in [9.17, 15) is 4.79 Å². The number of rotatable bonds is 4. The Morgan fingerprint density at radius 3 is 2.76 bits per heavy atom. The highest BCUT2D eigenvalue weighted by molar-refractivity contribution is 5.79. The Morgan fingerprint density at radius 2 is 2.00 bits per heavy atom. The fourth-order valence-corrected chi connectivity index (χ4v) is 4.41. The highest BCUT2D eigenvalue weighted by Gasteiger charge is 2.39. The Morgan fingerprint density at radius 1 is 1.20 bits per heavy atom. The van der Waals surface area contributed by atoms with E-state index in [1.807, 2.05) is 36.1 Å². The number of benzene rings is 1. The van der Waals surface area contributed by atoms with Crippen LogP contribution in [-0.4, -0.2) is 40.2 Å². The number of hydrogen-bond acceptors (Lipinski definition) is 3. The zero-order valence-corrected chi connectivity index (χ0v) is 15.0. The molecule has 0 bridgehead atoms. The van der Waals surface area contributed by atoms with Crippen LogP contribution in [0.2, 0.25) is 0 Å². The van der Waals surface area contributed by atoms with Gasteiger partial charge in [-0.15, -0.1) is 0 Å². The fourth-order valence-electron chi connectivity index (χ4n) is 4.41. The van der Waals surface area contributed by atoms with Gasteiger partial charge in [0, 0.05) is 50.8 Å². The summed E-state index contributed by atoms with van der Waals surface area (Å²) in [4.78, 5) is 14.1. The normalized spacial score (nSPS) is 26.1. The highest BCUT2D eigenvalue weighted by atomic mass is 16.2. The first-order valence-electron chi connectivity index (χ1n) is 9.16. The van der Waals surface area contributed by atoms with Gasteiger partial charge in [-0.3, -0.25) is 9.48 Å². The zero-order chi connectivity index (χ0) is 17.4. The van der Waals surface area contributed by atoms with Gasteiger partial charge in [-0.1, -0.05) is 24.3 Å². The van der Waals surface area contributed by atoms with Gasteiger partial charge in [-0.05, 0) is 30.4 Å². The molecule has 25 heavy (non-hydrogen) atoms. The lowest BCUT2D eigenvalue weighted by Crippen LogP contribution is -2.38. The second-order valence-electron chi connectivity index (χ2n) is 7.48. The summed E-state index contributed by atoms with van der Waals surface area (Å²) < 4.78 is 1.81. The summed E-state index contributed by atoms with van der Waals surface area (Å²) in [7, 11) is 3.84. The van der Waals surface area contributed by atoms with Gasteiger partial charge in [0.2, 0.25) is 5.91 Å². The van der Waals surface area contributed by atoms with Crippen molar-refractivity contribution in [2.45, 2.75) is 37.8 Å². The average Bonchev–Trinajstić information content (AvgIpc) is 3.16. The molecule has 2 heterocycles. The summed E-state index contributed by atoms with van der Waals surface area (Å²) in [5.74, 6) is 0.536. The molecule has 1 N–H and O–H groups in total. The van der Waals surface area contributed by atoms with Crippen LogP contribution in [-0.2, 0) is 24.7 Å². The summed E-state index contributed by atoms with van der Waals surface area (Å²) in [6, 6.07) is 9.38. The number of carbonyl (C=O) groups excluding carboxylic acids is 1. The molecule has 0 spiro atoms. The van der Waals surface area contributed by atoms with Crippen molar-refractivity contribution in [3.05, 3.63) is 53.3 Å². The highest BCUT2D eigenvalue weighted by Crippen LogP contribution is 2.36. The molecule has 2 aromatic rings. The molecule has 1 amide bonds. The van der Waals surface area contributed by atoms with Gasteiger partial charge in [0.05, 0.1) is 12.2 Å². The molecule has 5 nitrogen and oxygen atoms in total. The monoisotopic (exact) mass is 338 g/mol. The smallest absolute Gasteiger partial charge is 0.223 e. The van der Waals surface area contributed by atoms with Crippen molar-refractivity contribution in [2.24, 2.45) is 13.0 Å². The van der Waals surface area contributed by atoms with Crippen molar-refractivity contribution in [1.29, 1.82) is 0 Å². The topological polar surface area (TPSA) is 50.2 Å².